The summed E-state index contributed by atoms with van der Waals surface area (Å²) in [7, 11) is 4.17. The number of fused-ring (bicyclic) bond motifs is 2. The highest BCUT2D eigenvalue weighted by molar-refractivity contribution is 6.36. The highest BCUT2D eigenvalue weighted by Gasteiger charge is 2.51. The third-order valence-electron chi connectivity index (χ3n) is 10.9. The van der Waals surface area contributed by atoms with Crippen molar-refractivity contribution in [3.05, 3.63) is 96.8 Å². The fraction of sp³-hybridized carbons (Fsp3) is 0.342. The molecule has 0 unspecified atom stereocenters. The van der Waals surface area contributed by atoms with Crippen molar-refractivity contribution in [2.24, 2.45) is 14.1 Å². The predicted molar refractivity (Wildman–Crippen MR) is 195 cm³/mol. The smallest absolute Gasteiger partial charge is 0.433 e. The van der Waals surface area contributed by atoms with Gasteiger partial charge in [-0.05, 0) is 61.1 Å². The van der Waals surface area contributed by atoms with Crippen LogP contribution >= 0.6 is 11.6 Å². The van der Waals surface area contributed by atoms with E-state index in [9.17, 15) is 27.6 Å². The molecule has 1 atom stereocenters. The summed E-state index contributed by atoms with van der Waals surface area (Å²) in [4.78, 5) is 48.9. The van der Waals surface area contributed by atoms with Crippen molar-refractivity contribution in [3.8, 4) is 28.3 Å². The summed E-state index contributed by atoms with van der Waals surface area (Å²) in [5.41, 5.74) is 2.75. The second-order valence-electron chi connectivity index (χ2n) is 14.1. The molecule has 1 aliphatic carbocycles. The van der Waals surface area contributed by atoms with E-state index in [1.54, 1.807) is 26.2 Å². The molecule has 2 aromatic carbocycles. The molecule has 1 amide bonds. The molecule has 53 heavy (non-hydrogen) atoms. The van der Waals surface area contributed by atoms with E-state index in [0.717, 1.165) is 52.6 Å². The Morgan fingerprint density at radius 1 is 0.981 bits per heavy atom. The average Bonchev–Trinajstić information content (AvgIpc) is 3.73. The van der Waals surface area contributed by atoms with Crippen molar-refractivity contribution >= 4 is 39.9 Å². The van der Waals surface area contributed by atoms with Crippen molar-refractivity contribution in [3.63, 3.8) is 0 Å². The van der Waals surface area contributed by atoms with Gasteiger partial charge in [-0.1, -0.05) is 41.9 Å². The van der Waals surface area contributed by atoms with E-state index in [1.807, 2.05) is 24.3 Å². The lowest BCUT2D eigenvalue weighted by atomic mass is 9.86. The summed E-state index contributed by atoms with van der Waals surface area (Å²) in [5, 5.41) is 6.38. The zero-order valence-corrected chi connectivity index (χ0v) is 30.1. The highest BCUT2D eigenvalue weighted by atomic mass is 35.5. The first kappa shape index (κ1) is 34.9. The van der Waals surface area contributed by atoms with Gasteiger partial charge in [0.1, 0.15) is 16.9 Å². The molecule has 2 saturated heterocycles. The van der Waals surface area contributed by atoms with Crippen LogP contribution in [0.4, 0.5) is 24.7 Å². The van der Waals surface area contributed by atoms with Crippen LogP contribution in [-0.4, -0.2) is 55.6 Å². The number of carbonyl (C=O) groups excluding carboxylic acids is 1. The molecule has 5 aromatic rings. The van der Waals surface area contributed by atoms with Crippen molar-refractivity contribution in [2.45, 2.75) is 50.4 Å². The zero-order chi connectivity index (χ0) is 37.6. The number of carbonyl (C=O) groups is 1. The monoisotopic (exact) mass is 745 g/mol. The Balaban J connectivity index is 1.15. The molecule has 0 radical (unpaired) electrons. The Labute approximate surface area is 306 Å². The zero-order valence-electron chi connectivity index (χ0n) is 29.3. The number of benzene rings is 2. The molecule has 8 rings (SSSR count). The van der Waals surface area contributed by atoms with Gasteiger partial charge in [0.25, 0.3) is 5.56 Å². The van der Waals surface area contributed by atoms with Crippen LogP contribution in [0, 0.1) is 6.92 Å². The van der Waals surface area contributed by atoms with Gasteiger partial charge in [0.2, 0.25) is 11.8 Å². The van der Waals surface area contributed by atoms with Gasteiger partial charge in [0, 0.05) is 62.0 Å². The summed E-state index contributed by atoms with van der Waals surface area (Å²) < 4.78 is 49.7. The minimum Gasteiger partial charge on any atom is -0.481 e. The first-order chi connectivity index (χ1) is 25.2. The van der Waals surface area contributed by atoms with Gasteiger partial charge in [-0.25, -0.2) is 14.8 Å². The van der Waals surface area contributed by atoms with Crippen LogP contribution < -0.4 is 26.6 Å². The fourth-order valence-corrected chi connectivity index (χ4v) is 8.48. The number of alkyl halides is 3. The summed E-state index contributed by atoms with van der Waals surface area (Å²) >= 11 is 7.16. The first-order valence-corrected chi connectivity index (χ1v) is 17.5. The maximum atomic E-state index is 14.0. The molecule has 5 heterocycles. The van der Waals surface area contributed by atoms with Gasteiger partial charge < -0.3 is 15.4 Å². The second kappa shape index (κ2) is 12.4. The molecule has 2 fully saturated rings. The number of methoxy groups -OCH3 is 1. The van der Waals surface area contributed by atoms with Crippen LogP contribution in [0.5, 0.6) is 5.88 Å². The number of nitrogens with one attached hydrogen (secondary N) is 2. The lowest BCUT2D eigenvalue weighted by molar-refractivity contribution is -0.141. The molecule has 11 nitrogen and oxygen atoms in total. The summed E-state index contributed by atoms with van der Waals surface area (Å²) in [6.07, 6.45) is -1.68. The van der Waals surface area contributed by atoms with Gasteiger partial charge in [-0.2, -0.15) is 13.2 Å². The molecule has 3 aliphatic rings. The number of halogens is 4. The number of aromatic nitrogens is 4. The lowest BCUT2D eigenvalue weighted by Crippen LogP contribution is -2.67. The quantitative estimate of drug-likeness (QED) is 0.216. The molecule has 15 heteroatoms. The Kier molecular flexibility index (Phi) is 8.18. The van der Waals surface area contributed by atoms with E-state index in [-0.39, 0.29) is 34.2 Å². The summed E-state index contributed by atoms with van der Waals surface area (Å²) in [5.74, 6) is 0.310. The number of aryl methyl sites for hydroxylation is 2. The van der Waals surface area contributed by atoms with Crippen LogP contribution in [0.15, 0.2) is 58.1 Å². The Bertz CT molecular complexity index is 2490. The van der Waals surface area contributed by atoms with Gasteiger partial charge in [-0.15, -0.1) is 0 Å². The third-order valence-corrected chi connectivity index (χ3v) is 11.3. The van der Waals surface area contributed by atoms with Crippen LogP contribution in [0.1, 0.15) is 47.7 Å². The largest absolute Gasteiger partial charge is 0.481 e. The van der Waals surface area contributed by atoms with Gasteiger partial charge in [0.15, 0.2) is 0 Å². The number of rotatable bonds is 6. The van der Waals surface area contributed by atoms with Crippen molar-refractivity contribution in [1.82, 2.24) is 29.3 Å². The number of nitrogens with zero attached hydrogens (tertiary/aromatic N) is 5. The number of amides is 1. The topological polar surface area (TPSA) is 123 Å². The van der Waals surface area contributed by atoms with E-state index >= 15 is 0 Å². The molecular formula is C38H35ClF3N7O4. The molecule has 1 spiro atoms. The van der Waals surface area contributed by atoms with E-state index in [4.69, 9.17) is 21.3 Å². The van der Waals surface area contributed by atoms with E-state index in [0.29, 0.717) is 57.0 Å². The highest BCUT2D eigenvalue weighted by Crippen LogP contribution is 2.48. The number of anilines is 2. The van der Waals surface area contributed by atoms with Gasteiger partial charge in [0.05, 0.1) is 28.9 Å². The number of ether oxygens (including phenoxy) is 1. The van der Waals surface area contributed by atoms with Crippen molar-refractivity contribution in [1.29, 1.82) is 0 Å². The van der Waals surface area contributed by atoms with E-state index < -0.39 is 23.1 Å². The Morgan fingerprint density at radius 3 is 2.40 bits per heavy atom. The minimum atomic E-state index is -4.84. The average molecular weight is 746 g/mol. The molecule has 0 saturated carbocycles. The standard InChI is InChI=1S/C38H35ClF3N7O4/c1-19-21(7-6-10-24(19)43-33-31-27(16-28(45-33)38(40,41)42)47(2)36(52)48(3)35(31)51)22-8-5-9-23(32(22)39)25-15-20-11-12-26(30(20)34(44-25)53-4)49-17-37(18-49)14-13-29(50)46-37/h5-10,15-16,26H,11-14,17-18H2,1-4H3,(H,43,45)(H,46,50)/t26-/m0/s1. The maximum Gasteiger partial charge on any atom is 0.433 e. The second-order valence-corrected chi connectivity index (χ2v) is 14.5. The number of hydrogen-bond acceptors (Lipinski definition) is 8. The van der Waals surface area contributed by atoms with Crippen LogP contribution in [0.3, 0.4) is 0 Å². The lowest BCUT2D eigenvalue weighted by Gasteiger charge is -2.50. The Morgan fingerprint density at radius 2 is 1.70 bits per heavy atom. The summed E-state index contributed by atoms with van der Waals surface area (Å²) in [6, 6.07) is 13.7. The number of pyridine rings is 2. The number of hydrogen-bond donors (Lipinski definition) is 2. The van der Waals surface area contributed by atoms with Crippen LogP contribution in [0.2, 0.25) is 5.02 Å². The molecule has 2 N–H and O–H groups in total. The first-order valence-electron chi connectivity index (χ1n) is 17.2. The molecule has 0 bridgehead atoms. The van der Waals surface area contributed by atoms with Crippen molar-refractivity contribution in [2.75, 3.05) is 25.5 Å². The fourth-order valence-electron chi connectivity index (χ4n) is 8.16. The Hall–Kier alpha value is -5.21. The number of likely N-dealkylation sites (tertiary alicyclic amines) is 1. The molecule has 3 aromatic heterocycles. The normalized spacial score (nSPS) is 18.0. The molecular weight excluding hydrogens is 711 g/mol. The minimum absolute atomic E-state index is 0.111. The van der Waals surface area contributed by atoms with Gasteiger partial charge >= 0.3 is 11.9 Å². The van der Waals surface area contributed by atoms with E-state index in [2.05, 4.69) is 26.6 Å². The maximum absolute atomic E-state index is 14.0. The van der Waals surface area contributed by atoms with Gasteiger partial charge in [-0.3, -0.25) is 23.6 Å². The third kappa shape index (κ3) is 5.66. The predicted octanol–water partition coefficient (Wildman–Crippen LogP) is 6.05. The molecule has 274 valence electrons. The van der Waals surface area contributed by atoms with E-state index in [1.165, 1.54) is 14.1 Å². The van der Waals surface area contributed by atoms with Crippen LogP contribution in [-0.2, 0) is 31.5 Å². The summed E-state index contributed by atoms with van der Waals surface area (Å²) in [6.45, 7) is 3.38. The molecule has 2 aliphatic heterocycles. The van der Waals surface area contributed by atoms with Crippen LogP contribution in [0.25, 0.3) is 33.3 Å². The SMILES string of the molecule is COc1nc(-c2cccc(-c3cccc(Nc4nc(C(F)(F)F)cc5c4c(=O)n(C)c(=O)n5C)c3C)c2Cl)cc2c1[C@@H](N1CC3(CCC(=O)N3)C1)CC2. The van der Waals surface area contributed by atoms with Crippen molar-refractivity contribution < 1.29 is 22.7 Å².